The molecule has 0 aliphatic carbocycles. The summed E-state index contributed by atoms with van der Waals surface area (Å²) < 4.78 is 1.12. The van der Waals surface area contributed by atoms with Crippen molar-refractivity contribution in [1.29, 1.82) is 0 Å². The van der Waals surface area contributed by atoms with Crippen molar-refractivity contribution in [3.05, 3.63) is 32.4 Å². The van der Waals surface area contributed by atoms with Gasteiger partial charge in [0.1, 0.15) is 0 Å². The van der Waals surface area contributed by atoms with Crippen molar-refractivity contribution >= 4 is 34.2 Å². The molecule has 0 spiro atoms. The summed E-state index contributed by atoms with van der Waals surface area (Å²) in [7, 11) is 2.03. The maximum atomic E-state index is 6.18. The molecular formula is C15H23ClIN. The van der Waals surface area contributed by atoms with Gasteiger partial charge in [0.2, 0.25) is 0 Å². The van der Waals surface area contributed by atoms with Crippen LogP contribution in [0.15, 0.2) is 18.2 Å². The van der Waals surface area contributed by atoms with E-state index in [9.17, 15) is 0 Å². The molecule has 0 fully saturated rings. The SMILES string of the molecule is CCCCCCCC(NC)c1ccc(I)c(Cl)c1. The second-order valence-corrected chi connectivity index (χ2v) is 6.29. The van der Waals surface area contributed by atoms with Crippen LogP contribution in [0.2, 0.25) is 5.02 Å². The number of halogens is 2. The average Bonchev–Trinajstić information content (AvgIpc) is 2.37. The van der Waals surface area contributed by atoms with E-state index in [0.29, 0.717) is 6.04 Å². The molecule has 1 aromatic rings. The van der Waals surface area contributed by atoms with E-state index in [1.54, 1.807) is 0 Å². The van der Waals surface area contributed by atoms with Crippen molar-refractivity contribution < 1.29 is 0 Å². The highest BCUT2D eigenvalue weighted by Crippen LogP contribution is 2.26. The summed E-state index contributed by atoms with van der Waals surface area (Å²) in [6.07, 6.45) is 7.85. The fourth-order valence-electron chi connectivity index (χ4n) is 2.16. The lowest BCUT2D eigenvalue weighted by Gasteiger charge is -2.17. The number of rotatable bonds is 8. The van der Waals surface area contributed by atoms with E-state index in [0.717, 1.165) is 8.59 Å². The van der Waals surface area contributed by atoms with Gasteiger partial charge < -0.3 is 5.32 Å². The molecule has 1 N–H and O–H groups in total. The van der Waals surface area contributed by atoms with Gasteiger partial charge in [-0.1, -0.05) is 56.7 Å². The van der Waals surface area contributed by atoms with E-state index in [1.165, 1.54) is 44.1 Å². The molecule has 1 atom stereocenters. The minimum atomic E-state index is 0.432. The Morgan fingerprint density at radius 1 is 1.22 bits per heavy atom. The molecule has 102 valence electrons. The van der Waals surface area contributed by atoms with E-state index < -0.39 is 0 Å². The van der Waals surface area contributed by atoms with Crippen molar-refractivity contribution in [2.24, 2.45) is 0 Å². The Morgan fingerprint density at radius 2 is 1.94 bits per heavy atom. The third-order valence-electron chi connectivity index (χ3n) is 3.29. The summed E-state index contributed by atoms with van der Waals surface area (Å²) >= 11 is 8.45. The summed E-state index contributed by atoms with van der Waals surface area (Å²) in [5.41, 5.74) is 1.30. The molecule has 3 heteroatoms. The standard InChI is InChI=1S/C15H23ClIN/c1-3-4-5-6-7-8-15(18-2)12-9-10-14(17)13(16)11-12/h9-11,15,18H,3-8H2,1-2H3. The Morgan fingerprint density at radius 3 is 2.56 bits per heavy atom. The third-order valence-corrected chi connectivity index (χ3v) is 4.86. The summed E-state index contributed by atoms with van der Waals surface area (Å²) in [5, 5.41) is 4.26. The maximum absolute atomic E-state index is 6.18. The largest absolute Gasteiger partial charge is 0.313 e. The van der Waals surface area contributed by atoms with Gasteiger partial charge in [0.25, 0.3) is 0 Å². The molecule has 0 saturated carbocycles. The fraction of sp³-hybridized carbons (Fsp3) is 0.600. The zero-order chi connectivity index (χ0) is 13.4. The molecule has 0 saturated heterocycles. The minimum absolute atomic E-state index is 0.432. The molecule has 1 aromatic carbocycles. The molecule has 0 aliphatic heterocycles. The molecular weight excluding hydrogens is 357 g/mol. The van der Waals surface area contributed by atoms with Crippen LogP contribution in [-0.4, -0.2) is 7.05 Å². The predicted molar refractivity (Wildman–Crippen MR) is 89.3 cm³/mol. The van der Waals surface area contributed by atoms with Crippen LogP contribution in [0.1, 0.15) is 57.1 Å². The van der Waals surface area contributed by atoms with Crippen LogP contribution in [0.25, 0.3) is 0 Å². The van der Waals surface area contributed by atoms with Gasteiger partial charge >= 0.3 is 0 Å². The Labute approximate surface area is 130 Å². The van der Waals surface area contributed by atoms with Gasteiger partial charge in [-0.3, -0.25) is 0 Å². The topological polar surface area (TPSA) is 12.0 Å². The van der Waals surface area contributed by atoms with Crippen LogP contribution in [0.3, 0.4) is 0 Å². The normalized spacial score (nSPS) is 12.7. The minimum Gasteiger partial charge on any atom is -0.313 e. The number of benzene rings is 1. The van der Waals surface area contributed by atoms with E-state index in [4.69, 9.17) is 11.6 Å². The zero-order valence-electron chi connectivity index (χ0n) is 11.3. The highest BCUT2D eigenvalue weighted by atomic mass is 127. The van der Waals surface area contributed by atoms with Crippen LogP contribution in [0.5, 0.6) is 0 Å². The molecule has 1 unspecified atom stereocenters. The van der Waals surface area contributed by atoms with Crippen LogP contribution in [0, 0.1) is 3.57 Å². The summed E-state index contributed by atoms with van der Waals surface area (Å²) in [4.78, 5) is 0. The number of hydrogen-bond donors (Lipinski definition) is 1. The molecule has 0 amide bonds. The van der Waals surface area contributed by atoms with Gasteiger partial charge in [-0.25, -0.2) is 0 Å². The third kappa shape index (κ3) is 5.45. The molecule has 18 heavy (non-hydrogen) atoms. The highest BCUT2D eigenvalue weighted by Gasteiger charge is 2.10. The lowest BCUT2D eigenvalue weighted by molar-refractivity contribution is 0.501. The monoisotopic (exact) mass is 379 g/mol. The molecule has 1 nitrogen and oxygen atoms in total. The van der Waals surface area contributed by atoms with E-state index in [2.05, 4.69) is 53.0 Å². The predicted octanol–water partition coefficient (Wildman–Crippen LogP) is 5.57. The highest BCUT2D eigenvalue weighted by molar-refractivity contribution is 14.1. The second-order valence-electron chi connectivity index (χ2n) is 4.72. The smallest absolute Gasteiger partial charge is 0.0542 e. The lowest BCUT2D eigenvalue weighted by atomic mass is 10.00. The van der Waals surface area contributed by atoms with Gasteiger partial charge in [0, 0.05) is 9.61 Å². The van der Waals surface area contributed by atoms with E-state index in [1.807, 2.05) is 7.05 Å². The Bertz CT molecular complexity index is 354. The van der Waals surface area contributed by atoms with Crippen LogP contribution >= 0.6 is 34.2 Å². The van der Waals surface area contributed by atoms with Gasteiger partial charge in [0.05, 0.1) is 5.02 Å². The summed E-state index contributed by atoms with van der Waals surface area (Å²) in [5.74, 6) is 0. The fourth-order valence-corrected chi connectivity index (χ4v) is 2.68. The maximum Gasteiger partial charge on any atom is 0.0542 e. The number of hydrogen-bond acceptors (Lipinski definition) is 1. The molecule has 1 rings (SSSR count). The van der Waals surface area contributed by atoms with Crippen molar-refractivity contribution in [2.75, 3.05) is 7.05 Å². The molecule has 0 radical (unpaired) electrons. The number of nitrogens with one attached hydrogen (secondary N) is 1. The first-order valence-electron chi connectivity index (χ1n) is 6.81. The van der Waals surface area contributed by atoms with Crippen molar-refractivity contribution in [1.82, 2.24) is 5.32 Å². The first-order valence-corrected chi connectivity index (χ1v) is 8.27. The summed E-state index contributed by atoms with van der Waals surface area (Å²) in [6, 6.07) is 6.80. The van der Waals surface area contributed by atoms with Gasteiger partial charge in [-0.2, -0.15) is 0 Å². The summed E-state index contributed by atoms with van der Waals surface area (Å²) in [6.45, 7) is 2.25. The molecule has 0 aliphatic rings. The Hall–Kier alpha value is 0.200. The Balaban J connectivity index is 2.47. The van der Waals surface area contributed by atoms with Crippen molar-refractivity contribution in [3.63, 3.8) is 0 Å². The average molecular weight is 380 g/mol. The zero-order valence-corrected chi connectivity index (χ0v) is 14.2. The van der Waals surface area contributed by atoms with Gasteiger partial charge in [-0.05, 0) is 53.8 Å². The quantitative estimate of drug-likeness (QED) is 0.460. The molecule has 0 aromatic heterocycles. The first kappa shape index (κ1) is 16.3. The van der Waals surface area contributed by atoms with Crippen LogP contribution < -0.4 is 5.32 Å². The van der Waals surface area contributed by atoms with E-state index in [-0.39, 0.29) is 0 Å². The van der Waals surface area contributed by atoms with Gasteiger partial charge in [-0.15, -0.1) is 0 Å². The second kappa shape index (κ2) is 9.16. The van der Waals surface area contributed by atoms with Crippen molar-refractivity contribution in [2.45, 2.75) is 51.5 Å². The molecule has 0 heterocycles. The van der Waals surface area contributed by atoms with Crippen LogP contribution in [-0.2, 0) is 0 Å². The van der Waals surface area contributed by atoms with Gasteiger partial charge in [0.15, 0.2) is 0 Å². The first-order chi connectivity index (χ1) is 8.69. The van der Waals surface area contributed by atoms with E-state index >= 15 is 0 Å². The Kier molecular flexibility index (Phi) is 8.27. The van der Waals surface area contributed by atoms with Crippen LogP contribution in [0.4, 0.5) is 0 Å². The number of unbranched alkanes of at least 4 members (excludes halogenated alkanes) is 4. The molecule has 0 bridgehead atoms. The van der Waals surface area contributed by atoms with Crippen molar-refractivity contribution in [3.8, 4) is 0 Å². The lowest BCUT2D eigenvalue weighted by Crippen LogP contribution is -2.16.